The van der Waals surface area contributed by atoms with E-state index in [2.05, 4.69) is 22.3 Å². The Kier molecular flexibility index (Phi) is 5.51. The third-order valence-electron chi connectivity index (χ3n) is 4.68. The summed E-state index contributed by atoms with van der Waals surface area (Å²) in [7, 11) is 0. The zero-order valence-electron chi connectivity index (χ0n) is 14.0. The smallest absolute Gasteiger partial charge is 0.239 e. The van der Waals surface area contributed by atoms with E-state index in [1.54, 1.807) is 0 Å². The summed E-state index contributed by atoms with van der Waals surface area (Å²) in [4.78, 5) is 16.8. The van der Waals surface area contributed by atoms with Crippen molar-refractivity contribution in [2.24, 2.45) is 0 Å². The van der Waals surface area contributed by atoms with E-state index in [-0.39, 0.29) is 6.04 Å². The number of amides is 1. The van der Waals surface area contributed by atoms with E-state index < -0.39 is 0 Å². The number of carbonyl (C=O) groups excluding carboxylic acids is 1. The largest absolute Gasteiger partial charge is 0.494 e. The van der Waals surface area contributed by atoms with Gasteiger partial charge in [-0.05, 0) is 44.0 Å². The van der Waals surface area contributed by atoms with Gasteiger partial charge in [-0.1, -0.05) is 12.1 Å². The highest BCUT2D eigenvalue weighted by molar-refractivity contribution is 5.82. The Morgan fingerprint density at radius 2 is 1.96 bits per heavy atom. The molecule has 2 saturated heterocycles. The van der Waals surface area contributed by atoms with Crippen LogP contribution in [-0.4, -0.2) is 61.1 Å². The molecule has 5 nitrogen and oxygen atoms in total. The summed E-state index contributed by atoms with van der Waals surface area (Å²) < 4.78 is 5.48. The molecule has 1 aromatic carbocycles. The van der Waals surface area contributed by atoms with Crippen LogP contribution in [0.4, 0.5) is 0 Å². The normalized spacial score (nSPS) is 22.3. The van der Waals surface area contributed by atoms with E-state index in [0.717, 1.165) is 57.9 Å². The Labute approximate surface area is 138 Å². The van der Waals surface area contributed by atoms with Crippen LogP contribution >= 0.6 is 0 Å². The Morgan fingerprint density at radius 3 is 2.57 bits per heavy atom. The lowest BCUT2D eigenvalue weighted by Gasteiger charge is -2.36. The van der Waals surface area contributed by atoms with E-state index in [1.165, 1.54) is 5.56 Å². The first-order chi connectivity index (χ1) is 11.3. The first-order valence-electron chi connectivity index (χ1n) is 8.72. The lowest BCUT2D eigenvalue weighted by atomic mass is 10.1. The van der Waals surface area contributed by atoms with Crippen LogP contribution < -0.4 is 10.1 Å². The minimum Gasteiger partial charge on any atom is -0.494 e. The monoisotopic (exact) mass is 317 g/mol. The number of nitrogens with one attached hydrogen (secondary N) is 1. The average molecular weight is 317 g/mol. The molecule has 1 atom stereocenters. The molecule has 3 rings (SSSR count). The van der Waals surface area contributed by atoms with Gasteiger partial charge in [0.25, 0.3) is 0 Å². The summed E-state index contributed by atoms with van der Waals surface area (Å²) in [6.07, 6.45) is 2.11. The fourth-order valence-electron chi connectivity index (χ4n) is 3.36. The number of benzene rings is 1. The van der Waals surface area contributed by atoms with Crippen LogP contribution in [0.2, 0.25) is 0 Å². The molecule has 2 fully saturated rings. The van der Waals surface area contributed by atoms with Gasteiger partial charge in [-0.3, -0.25) is 9.69 Å². The van der Waals surface area contributed by atoms with Gasteiger partial charge in [-0.15, -0.1) is 0 Å². The second-order valence-corrected chi connectivity index (χ2v) is 6.33. The quantitative estimate of drug-likeness (QED) is 0.893. The summed E-state index contributed by atoms with van der Waals surface area (Å²) >= 11 is 0. The molecular formula is C18H27N3O2. The van der Waals surface area contributed by atoms with Crippen LogP contribution in [-0.2, 0) is 11.3 Å². The summed E-state index contributed by atoms with van der Waals surface area (Å²) in [6.45, 7) is 8.20. The predicted octanol–water partition coefficient (Wildman–Crippen LogP) is 1.48. The summed E-state index contributed by atoms with van der Waals surface area (Å²) in [6, 6.07) is 8.39. The molecule has 0 aromatic heterocycles. The molecule has 0 saturated carbocycles. The minimum atomic E-state index is 0.0626. The number of carbonyl (C=O) groups is 1. The Bertz CT molecular complexity index is 504. The SMILES string of the molecule is CCOc1ccc(CN2CCN(C(=O)C3CCCN3)CC2)cc1. The number of ether oxygens (including phenoxy) is 1. The van der Waals surface area contributed by atoms with Crippen LogP contribution in [0.25, 0.3) is 0 Å². The fourth-order valence-corrected chi connectivity index (χ4v) is 3.36. The lowest BCUT2D eigenvalue weighted by molar-refractivity contribution is -0.134. The van der Waals surface area contributed by atoms with Gasteiger partial charge in [-0.2, -0.15) is 0 Å². The van der Waals surface area contributed by atoms with Crippen molar-refractivity contribution in [2.45, 2.75) is 32.4 Å². The van der Waals surface area contributed by atoms with Crippen LogP contribution in [0.15, 0.2) is 24.3 Å². The lowest BCUT2D eigenvalue weighted by Crippen LogP contribution is -2.52. The van der Waals surface area contributed by atoms with Gasteiger partial charge in [0.2, 0.25) is 5.91 Å². The second-order valence-electron chi connectivity index (χ2n) is 6.33. The van der Waals surface area contributed by atoms with Crippen molar-refractivity contribution in [1.29, 1.82) is 0 Å². The first-order valence-corrected chi connectivity index (χ1v) is 8.72. The van der Waals surface area contributed by atoms with E-state index in [1.807, 2.05) is 24.0 Å². The van der Waals surface area contributed by atoms with Crippen LogP contribution in [0.3, 0.4) is 0 Å². The van der Waals surface area contributed by atoms with Crippen molar-refractivity contribution < 1.29 is 9.53 Å². The van der Waals surface area contributed by atoms with Crippen LogP contribution in [0, 0.1) is 0 Å². The second kappa shape index (κ2) is 7.79. The zero-order chi connectivity index (χ0) is 16.1. The van der Waals surface area contributed by atoms with E-state index in [0.29, 0.717) is 12.5 Å². The van der Waals surface area contributed by atoms with Crippen LogP contribution in [0.5, 0.6) is 5.75 Å². The van der Waals surface area contributed by atoms with Gasteiger partial charge in [0.15, 0.2) is 0 Å². The van der Waals surface area contributed by atoms with E-state index >= 15 is 0 Å². The Balaban J connectivity index is 1.46. The van der Waals surface area contributed by atoms with Crippen molar-refractivity contribution in [3.63, 3.8) is 0 Å². The molecule has 126 valence electrons. The highest BCUT2D eigenvalue weighted by atomic mass is 16.5. The van der Waals surface area contributed by atoms with Gasteiger partial charge < -0.3 is 15.0 Å². The standard InChI is InChI=1S/C18H27N3O2/c1-2-23-16-7-5-15(6-8-16)14-20-10-12-21(13-11-20)18(22)17-4-3-9-19-17/h5-8,17,19H,2-4,9-14H2,1H3. The molecule has 0 aliphatic carbocycles. The van der Waals surface area contributed by atoms with Crippen molar-refractivity contribution in [3.8, 4) is 5.75 Å². The van der Waals surface area contributed by atoms with E-state index in [4.69, 9.17) is 4.74 Å². The third kappa shape index (κ3) is 4.24. The van der Waals surface area contributed by atoms with Crippen molar-refractivity contribution in [2.75, 3.05) is 39.3 Å². The van der Waals surface area contributed by atoms with Gasteiger partial charge in [0.1, 0.15) is 5.75 Å². The Hall–Kier alpha value is -1.59. The number of hydrogen-bond acceptors (Lipinski definition) is 4. The molecule has 1 N–H and O–H groups in total. The maximum absolute atomic E-state index is 12.4. The molecular weight excluding hydrogens is 290 g/mol. The third-order valence-corrected chi connectivity index (χ3v) is 4.68. The predicted molar refractivity (Wildman–Crippen MR) is 90.5 cm³/mol. The molecule has 2 aliphatic rings. The highest BCUT2D eigenvalue weighted by Crippen LogP contribution is 2.16. The molecule has 1 aromatic rings. The maximum atomic E-state index is 12.4. The van der Waals surface area contributed by atoms with Gasteiger partial charge >= 0.3 is 0 Å². The van der Waals surface area contributed by atoms with Gasteiger partial charge in [0.05, 0.1) is 12.6 Å². The molecule has 1 amide bonds. The summed E-state index contributed by atoms with van der Waals surface area (Å²) in [5.74, 6) is 1.22. The zero-order valence-corrected chi connectivity index (χ0v) is 14.0. The molecule has 2 heterocycles. The van der Waals surface area contributed by atoms with Crippen molar-refractivity contribution in [1.82, 2.24) is 15.1 Å². The summed E-state index contributed by atoms with van der Waals surface area (Å²) in [5.41, 5.74) is 1.30. The van der Waals surface area contributed by atoms with Gasteiger partial charge in [-0.25, -0.2) is 0 Å². The van der Waals surface area contributed by atoms with E-state index in [9.17, 15) is 4.79 Å². The van der Waals surface area contributed by atoms with Crippen molar-refractivity contribution in [3.05, 3.63) is 29.8 Å². The maximum Gasteiger partial charge on any atom is 0.239 e. The summed E-state index contributed by atoms with van der Waals surface area (Å²) in [5, 5.41) is 3.30. The molecule has 2 aliphatic heterocycles. The molecule has 23 heavy (non-hydrogen) atoms. The molecule has 0 radical (unpaired) electrons. The average Bonchev–Trinajstić information content (AvgIpc) is 3.11. The van der Waals surface area contributed by atoms with Crippen molar-refractivity contribution >= 4 is 5.91 Å². The van der Waals surface area contributed by atoms with Crippen LogP contribution in [0.1, 0.15) is 25.3 Å². The molecule has 1 unspecified atom stereocenters. The first kappa shape index (κ1) is 16.3. The number of nitrogens with zero attached hydrogens (tertiary/aromatic N) is 2. The highest BCUT2D eigenvalue weighted by Gasteiger charge is 2.29. The molecule has 0 spiro atoms. The number of piperazine rings is 1. The number of rotatable bonds is 5. The molecule has 0 bridgehead atoms. The Morgan fingerprint density at radius 1 is 1.22 bits per heavy atom. The fraction of sp³-hybridized carbons (Fsp3) is 0.611. The topological polar surface area (TPSA) is 44.8 Å². The van der Waals surface area contributed by atoms with Gasteiger partial charge in [0, 0.05) is 32.7 Å². The number of hydrogen-bond donors (Lipinski definition) is 1. The minimum absolute atomic E-state index is 0.0626. The molecule has 5 heteroatoms.